The second kappa shape index (κ2) is 5.12. The summed E-state index contributed by atoms with van der Waals surface area (Å²) < 4.78 is 0. The van der Waals surface area contributed by atoms with Crippen molar-refractivity contribution in [3.63, 3.8) is 0 Å². The van der Waals surface area contributed by atoms with Crippen LogP contribution >= 0.6 is 11.3 Å². The predicted octanol–water partition coefficient (Wildman–Crippen LogP) is 0.133. The zero-order valence-corrected chi connectivity index (χ0v) is 10.8. The maximum atomic E-state index is 12.0. The van der Waals surface area contributed by atoms with Gasteiger partial charge in [-0.2, -0.15) is 0 Å². The highest BCUT2D eigenvalue weighted by atomic mass is 32.1. The number of hydrogen-bond acceptors (Lipinski definition) is 5. The molecule has 17 heavy (non-hydrogen) atoms. The van der Waals surface area contributed by atoms with Crippen molar-refractivity contribution in [2.75, 3.05) is 13.6 Å². The van der Waals surface area contributed by atoms with E-state index in [0.29, 0.717) is 19.5 Å². The Morgan fingerprint density at radius 3 is 3.06 bits per heavy atom. The molecule has 1 aromatic rings. The lowest BCUT2D eigenvalue weighted by atomic mass is 10.2. The minimum atomic E-state index is -0.404. The number of likely N-dealkylation sites (N-methyl/N-ethyl adjacent to an activating group) is 1. The van der Waals surface area contributed by atoms with Gasteiger partial charge in [0.05, 0.1) is 29.4 Å². The lowest BCUT2D eigenvalue weighted by molar-refractivity contribution is -0.132. The van der Waals surface area contributed by atoms with Crippen LogP contribution in [-0.4, -0.2) is 46.6 Å². The molecule has 1 aliphatic heterocycles. The van der Waals surface area contributed by atoms with Crippen molar-refractivity contribution in [2.45, 2.75) is 32.0 Å². The topological polar surface area (TPSA) is 65.5 Å². The highest BCUT2D eigenvalue weighted by molar-refractivity contribution is 7.09. The summed E-state index contributed by atoms with van der Waals surface area (Å²) in [6, 6.07) is -0.255. The SMILES string of the molecule is Cc1nc(CN(C)C(=O)C2CC(O)CN2)cs1. The third-order valence-corrected chi connectivity index (χ3v) is 3.67. The van der Waals surface area contributed by atoms with Crippen LogP contribution < -0.4 is 5.32 Å². The number of carbonyl (C=O) groups excluding carboxylic acids is 1. The molecule has 2 N–H and O–H groups in total. The van der Waals surface area contributed by atoms with E-state index in [1.165, 1.54) is 0 Å². The Morgan fingerprint density at radius 2 is 2.53 bits per heavy atom. The molecule has 1 fully saturated rings. The summed E-state index contributed by atoms with van der Waals surface area (Å²) in [5.41, 5.74) is 0.918. The molecule has 0 radical (unpaired) electrons. The lowest BCUT2D eigenvalue weighted by Crippen LogP contribution is -2.41. The number of β-amino-alcohol motifs (C(OH)–C–C–N with tert-alkyl or cyclic N) is 1. The van der Waals surface area contributed by atoms with Crippen LogP contribution in [0.3, 0.4) is 0 Å². The van der Waals surface area contributed by atoms with Crippen LogP contribution in [0, 0.1) is 6.92 Å². The van der Waals surface area contributed by atoms with Crippen LogP contribution in [0.5, 0.6) is 0 Å². The van der Waals surface area contributed by atoms with Crippen molar-refractivity contribution < 1.29 is 9.90 Å². The van der Waals surface area contributed by atoms with E-state index >= 15 is 0 Å². The molecule has 0 aliphatic carbocycles. The normalized spacial score (nSPS) is 23.9. The van der Waals surface area contributed by atoms with E-state index in [9.17, 15) is 9.90 Å². The Morgan fingerprint density at radius 1 is 1.76 bits per heavy atom. The first-order valence-electron chi connectivity index (χ1n) is 5.63. The van der Waals surface area contributed by atoms with Gasteiger partial charge in [-0.05, 0) is 13.3 Å². The van der Waals surface area contributed by atoms with Crippen LogP contribution in [0.4, 0.5) is 0 Å². The molecule has 0 saturated carbocycles. The number of aryl methyl sites for hydroxylation is 1. The molecule has 1 amide bonds. The average molecular weight is 255 g/mol. The van der Waals surface area contributed by atoms with Crippen LogP contribution in [0.1, 0.15) is 17.1 Å². The number of rotatable bonds is 3. The number of hydrogen-bond donors (Lipinski definition) is 2. The van der Waals surface area contributed by atoms with E-state index < -0.39 is 6.10 Å². The molecule has 5 nitrogen and oxygen atoms in total. The Hall–Kier alpha value is -0.980. The van der Waals surface area contributed by atoms with Gasteiger partial charge in [0, 0.05) is 19.0 Å². The summed E-state index contributed by atoms with van der Waals surface area (Å²) in [5.74, 6) is 0.0206. The predicted molar refractivity (Wildman–Crippen MR) is 65.7 cm³/mol. The van der Waals surface area contributed by atoms with Gasteiger partial charge in [-0.15, -0.1) is 11.3 Å². The Bertz CT molecular complexity index is 407. The summed E-state index contributed by atoms with van der Waals surface area (Å²) in [4.78, 5) is 18.0. The quantitative estimate of drug-likeness (QED) is 0.806. The van der Waals surface area contributed by atoms with Gasteiger partial charge in [0.25, 0.3) is 0 Å². The van der Waals surface area contributed by atoms with Crippen molar-refractivity contribution in [3.05, 3.63) is 16.1 Å². The smallest absolute Gasteiger partial charge is 0.239 e. The minimum Gasteiger partial charge on any atom is -0.392 e. The standard InChI is InChI=1S/C11H17N3O2S/c1-7-13-8(6-17-7)5-14(2)11(16)10-3-9(15)4-12-10/h6,9-10,12,15H,3-5H2,1-2H3. The summed E-state index contributed by atoms with van der Waals surface area (Å²) >= 11 is 1.59. The first-order valence-corrected chi connectivity index (χ1v) is 6.51. The van der Waals surface area contributed by atoms with E-state index in [1.807, 2.05) is 12.3 Å². The summed E-state index contributed by atoms with van der Waals surface area (Å²) in [7, 11) is 1.77. The van der Waals surface area contributed by atoms with Gasteiger partial charge in [-0.25, -0.2) is 4.98 Å². The molecule has 0 aromatic carbocycles. The molecule has 2 rings (SSSR count). The second-order valence-electron chi connectivity index (χ2n) is 4.40. The van der Waals surface area contributed by atoms with Gasteiger partial charge >= 0.3 is 0 Å². The van der Waals surface area contributed by atoms with Crippen molar-refractivity contribution >= 4 is 17.2 Å². The largest absolute Gasteiger partial charge is 0.392 e. The van der Waals surface area contributed by atoms with E-state index in [4.69, 9.17) is 0 Å². The number of amides is 1. The second-order valence-corrected chi connectivity index (χ2v) is 5.46. The monoisotopic (exact) mass is 255 g/mol. The van der Waals surface area contributed by atoms with Crippen molar-refractivity contribution in [1.29, 1.82) is 0 Å². The maximum absolute atomic E-state index is 12.0. The minimum absolute atomic E-state index is 0.0206. The molecular weight excluding hydrogens is 238 g/mol. The molecule has 2 atom stereocenters. The highest BCUT2D eigenvalue weighted by Gasteiger charge is 2.30. The highest BCUT2D eigenvalue weighted by Crippen LogP contribution is 2.13. The van der Waals surface area contributed by atoms with E-state index in [1.54, 1.807) is 23.3 Å². The third-order valence-electron chi connectivity index (χ3n) is 2.85. The zero-order chi connectivity index (χ0) is 12.4. The number of thiazole rings is 1. The van der Waals surface area contributed by atoms with E-state index in [0.717, 1.165) is 10.7 Å². The zero-order valence-electron chi connectivity index (χ0n) is 10.0. The summed E-state index contributed by atoms with van der Waals surface area (Å²) in [5, 5.41) is 15.4. The lowest BCUT2D eigenvalue weighted by Gasteiger charge is -2.20. The summed E-state index contributed by atoms with van der Waals surface area (Å²) in [6.45, 7) is 2.97. The number of nitrogens with one attached hydrogen (secondary N) is 1. The molecule has 1 saturated heterocycles. The van der Waals surface area contributed by atoms with Gasteiger partial charge in [0.15, 0.2) is 0 Å². The summed E-state index contributed by atoms with van der Waals surface area (Å²) in [6.07, 6.45) is 0.0954. The van der Waals surface area contributed by atoms with Crippen LogP contribution in [0.25, 0.3) is 0 Å². The van der Waals surface area contributed by atoms with E-state index in [2.05, 4.69) is 10.3 Å². The van der Waals surface area contributed by atoms with Gasteiger partial charge in [-0.3, -0.25) is 4.79 Å². The number of aliphatic hydroxyl groups excluding tert-OH is 1. The van der Waals surface area contributed by atoms with Gasteiger partial charge < -0.3 is 15.3 Å². The molecule has 2 unspecified atom stereocenters. The van der Waals surface area contributed by atoms with Gasteiger partial charge in [-0.1, -0.05) is 0 Å². The van der Waals surface area contributed by atoms with Gasteiger partial charge in [0.1, 0.15) is 0 Å². The van der Waals surface area contributed by atoms with Crippen LogP contribution in [-0.2, 0) is 11.3 Å². The molecular formula is C11H17N3O2S. The third kappa shape index (κ3) is 3.02. The van der Waals surface area contributed by atoms with Crippen LogP contribution in [0.2, 0.25) is 0 Å². The fourth-order valence-electron chi connectivity index (χ4n) is 1.97. The van der Waals surface area contributed by atoms with Crippen molar-refractivity contribution in [2.24, 2.45) is 0 Å². The van der Waals surface area contributed by atoms with Crippen molar-refractivity contribution in [1.82, 2.24) is 15.2 Å². The average Bonchev–Trinajstić information content (AvgIpc) is 2.87. The molecule has 94 valence electrons. The number of aromatic nitrogens is 1. The fraction of sp³-hybridized carbons (Fsp3) is 0.636. The van der Waals surface area contributed by atoms with Gasteiger partial charge in [0.2, 0.25) is 5.91 Å². The first kappa shape index (κ1) is 12.5. The molecule has 0 bridgehead atoms. The number of carbonyl (C=O) groups is 1. The Labute approximate surface area is 104 Å². The maximum Gasteiger partial charge on any atom is 0.239 e. The number of aliphatic hydroxyl groups is 1. The fourth-order valence-corrected chi connectivity index (χ4v) is 2.58. The molecule has 1 aliphatic rings. The van der Waals surface area contributed by atoms with Crippen molar-refractivity contribution in [3.8, 4) is 0 Å². The Balaban J connectivity index is 1.91. The Kier molecular flexibility index (Phi) is 3.76. The van der Waals surface area contributed by atoms with Crippen LogP contribution in [0.15, 0.2) is 5.38 Å². The molecule has 2 heterocycles. The first-order chi connectivity index (χ1) is 8.06. The molecule has 0 spiro atoms. The number of nitrogens with zero attached hydrogens (tertiary/aromatic N) is 2. The molecule has 6 heteroatoms. The van der Waals surface area contributed by atoms with E-state index in [-0.39, 0.29) is 11.9 Å². The molecule has 1 aromatic heterocycles.